The van der Waals surface area contributed by atoms with Crippen LogP contribution in [0.5, 0.6) is 0 Å². The van der Waals surface area contributed by atoms with Gasteiger partial charge in [0.15, 0.2) is 0 Å². The molecule has 2 aromatic rings. The minimum Gasteiger partial charge on any atom is -0.347 e. The Morgan fingerprint density at radius 1 is 1.22 bits per heavy atom. The lowest BCUT2D eigenvalue weighted by atomic mass is 10.2. The number of nitrogens with one attached hydrogen (secondary N) is 1. The predicted octanol–water partition coefficient (Wildman–Crippen LogP) is 4.86. The third kappa shape index (κ3) is 3.82. The highest BCUT2D eigenvalue weighted by molar-refractivity contribution is 9.10. The number of carbonyl (C=O) groups is 1. The summed E-state index contributed by atoms with van der Waals surface area (Å²) in [6, 6.07) is 7.12. The second-order valence-electron chi connectivity index (χ2n) is 3.57. The topological polar surface area (TPSA) is 29.1 Å². The maximum Gasteiger partial charge on any atom is 0.251 e. The smallest absolute Gasteiger partial charge is 0.251 e. The number of benzene rings is 1. The van der Waals surface area contributed by atoms with Gasteiger partial charge in [-0.15, -0.1) is 11.3 Å². The zero-order valence-corrected chi connectivity index (χ0v) is 13.8. The van der Waals surface area contributed by atoms with Crippen LogP contribution in [0.3, 0.4) is 0 Å². The summed E-state index contributed by atoms with van der Waals surface area (Å²) in [5.41, 5.74) is 0.546. The molecule has 0 spiro atoms. The predicted molar refractivity (Wildman–Crippen MR) is 82.3 cm³/mol. The highest BCUT2D eigenvalue weighted by Gasteiger charge is 2.08. The first-order valence-corrected chi connectivity index (χ1v) is 7.86. The van der Waals surface area contributed by atoms with Crippen LogP contribution in [0.15, 0.2) is 38.6 Å². The summed E-state index contributed by atoms with van der Waals surface area (Å²) in [4.78, 5) is 13.0. The molecule has 0 fully saturated rings. The van der Waals surface area contributed by atoms with Crippen LogP contribution in [0, 0.1) is 0 Å². The van der Waals surface area contributed by atoms with E-state index < -0.39 is 0 Å². The van der Waals surface area contributed by atoms with Gasteiger partial charge in [0.05, 0.1) is 6.54 Å². The molecule has 0 saturated heterocycles. The summed E-state index contributed by atoms with van der Waals surface area (Å²) in [5.74, 6) is -0.136. The number of hydrogen-bond donors (Lipinski definition) is 1. The molecule has 18 heavy (non-hydrogen) atoms. The lowest BCUT2D eigenvalue weighted by Crippen LogP contribution is -2.22. The summed E-state index contributed by atoms with van der Waals surface area (Å²) in [6.07, 6.45) is 0. The van der Waals surface area contributed by atoms with Crippen molar-refractivity contribution in [2.75, 3.05) is 0 Å². The van der Waals surface area contributed by atoms with Crippen molar-refractivity contribution in [3.63, 3.8) is 0 Å². The Hall–Kier alpha value is -0.360. The molecule has 1 aromatic carbocycles. The first-order chi connectivity index (χ1) is 8.54. The zero-order chi connectivity index (χ0) is 13.1. The summed E-state index contributed by atoms with van der Waals surface area (Å²) < 4.78 is 1.82. The molecular weight excluding hydrogens is 401 g/mol. The molecule has 0 atom stereocenters. The van der Waals surface area contributed by atoms with Crippen molar-refractivity contribution in [1.29, 1.82) is 0 Å². The van der Waals surface area contributed by atoms with Crippen LogP contribution in [0.4, 0.5) is 0 Å². The monoisotopic (exact) mass is 407 g/mol. The fourth-order valence-electron chi connectivity index (χ4n) is 1.40. The molecule has 0 aliphatic rings. The van der Waals surface area contributed by atoms with Crippen molar-refractivity contribution in [3.8, 4) is 0 Å². The molecular formula is C12H8Br2ClNOS. The second-order valence-corrected chi connectivity index (χ2v) is 6.84. The van der Waals surface area contributed by atoms with Gasteiger partial charge in [-0.1, -0.05) is 27.5 Å². The molecule has 1 heterocycles. The van der Waals surface area contributed by atoms with E-state index >= 15 is 0 Å². The largest absolute Gasteiger partial charge is 0.347 e. The number of halogens is 3. The van der Waals surface area contributed by atoms with Crippen LogP contribution in [0.1, 0.15) is 15.2 Å². The molecule has 0 saturated carbocycles. The molecule has 1 aromatic heterocycles. The number of carbonyl (C=O) groups excluding carboxylic acids is 1. The minimum atomic E-state index is -0.136. The second kappa shape index (κ2) is 6.19. The molecule has 1 N–H and O–H groups in total. The highest BCUT2D eigenvalue weighted by atomic mass is 79.9. The van der Waals surface area contributed by atoms with Gasteiger partial charge >= 0.3 is 0 Å². The van der Waals surface area contributed by atoms with Gasteiger partial charge in [-0.05, 0) is 40.2 Å². The molecule has 0 radical (unpaired) electrons. The molecule has 6 heteroatoms. The number of thiophene rings is 1. The van der Waals surface area contributed by atoms with Gasteiger partial charge in [-0.3, -0.25) is 4.79 Å². The Morgan fingerprint density at radius 3 is 2.61 bits per heavy atom. The molecule has 1 amide bonds. The lowest BCUT2D eigenvalue weighted by Gasteiger charge is -2.04. The van der Waals surface area contributed by atoms with E-state index in [9.17, 15) is 4.79 Å². The van der Waals surface area contributed by atoms with Gasteiger partial charge < -0.3 is 5.32 Å². The normalized spacial score (nSPS) is 10.4. The summed E-state index contributed by atoms with van der Waals surface area (Å²) in [5, 5.41) is 5.37. The van der Waals surface area contributed by atoms with Crippen molar-refractivity contribution in [2.45, 2.75) is 6.54 Å². The van der Waals surface area contributed by atoms with Crippen LogP contribution < -0.4 is 5.32 Å². The molecule has 2 nitrogen and oxygen atoms in total. The fourth-order valence-corrected chi connectivity index (χ4v) is 3.65. The standard InChI is InChI=1S/C12H8Br2ClNOS/c13-8-1-7(2-10(15)3-8)12(17)16-5-11-4-9(14)6-18-11/h1-4,6H,5H2,(H,16,17). The molecule has 94 valence electrons. The average Bonchev–Trinajstić information content (AvgIpc) is 2.70. The van der Waals surface area contributed by atoms with Gasteiger partial charge in [-0.25, -0.2) is 0 Å². The van der Waals surface area contributed by atoms with Gasteiger partial charge in [0.25, 0.3) is 5.91 Å². The quantitative estimate of drug-likeness (QED) is 0.771. The highest BCUT2D eigenvalue weighted by Crippen LogP contribution is 2.21. The number of hydrogen-bond acceptors (Lipinski definition) is 2. The van der Waals surface area contributed by atoms with Crippen LogP contribution in [-0.2, 0) is 6.54 Å². The first kappa shape index (κ1) is 14.1. The van der Waals surface area contributed by atoms with E-state index in [2.05, 4.69) is 37.2 Å². The van der Waals surface area contributed by atoms with Crippen molar-refractivity contribution >= 4 is 60.7 Å². The zero-order valence-electron chi connectivity index (χ0n) is 9.04. The Morgan fingerprint density at radius 2 is 2.00 bits per heavy atom. The van der Waals surface area contributed by atoms with Crippen LogP contribution in [0.2, 0.25) is 5.02 Å². The van der Waals surface area contributed by atoms with Crippen molar-refractivity contribution in [3.05, 3.63) is 54.1 Å². The summed E-state index contributed by atoms with van der Waals surface area (Å²) in [7, 11) is 0. The molecule has 0 unspecified atom stereocenters. The van der Waals surface area contributed by atoms with E-state index in [4.69, 9.17) is 11.6 Å². The summed E-state index contributed by atoms with van der Waals surface area (Å²) in [6.45, 7) is 0.513. The Labute approximate surface area is 131 Å². The van der Waals surface area contributed by atoms with Crippen LogP contribution in [0.25, 0.3) is 0 Å². The Kier molecular flexibility index (Phi) is 4.84. The van der Waals surface area contributed by atoms with Gasteiger partial charge in [0.2, 0.25) is 0 Å². The van der Waals surface area contributed by atoms with E-state index in [1.807, 2.05) is 11.4 Å². The third-order valence-corrected chi connectivity index (χ3v) is 4.54. The van der Waals surface area contributed by atoms with E-state index in [1.54, 1.807) is 29.5 Å². The summed E-state index contributed by atoms with van der Waals surface area (Å²) >= 11 is 14.2. The number of rotatable bonds is 3. The average molecular weight is 410 g/mol. The van der Waals surface area contributed by atoms with Gasteiger partial charge in [0, 0.05) is 29.8 Å². The molecule has 2 rings (SSSR count). The lowest BCUT2D eigenvalue weighted by molar-refractivity contribution is 0.0951. The third-order valence-electron chi connectivity index (χ3n) is 2.17. The van der Waals surface area contributed by atoms with Crippen LogP contribution in [-0.4, -0.2) is 5.91 Å². The van der Waals surface area contributed by atoms with Crippen molar-refractivity contribution in [2.24, 2.45) is 0 Å². The molecule has 0 aliphatic heterocycles. The molecule has 0 aliphatic carbocycles. The van der Waals surface area contributed by atoms with Gasteiger partial charge in [0.1, 0.15) is 0 Å². The van der Waals surface area contributed by atoms with Crippen LogP contribution >= 0.6 is 54.8 Å². The van der Waals surface area contributed by atoms with Gasteiger partial charge in [-0.2, -0.15) is 0 Å². The van der Waals surface area contributed by atoms with Crippen molar-refractivity contribution < 1.29 is 4.79 Å². The SMILES string of the molecule is O=C(NCc1cc(Br)cs1)c1cc(Cl)cc(Br)c1. The van der Waals surface area contributed by atoms with E-state index in [1.165, 1.54) is 0 Å². The number of amides is 1. The molecule has 0 bridgehead atoms. The maximum atomic E-state index is 11.9. The van der Waals surface area contributed by atoms with E-state index in [-0.39, 0.29) is 5.91 Å². The van der Waals surface area contributed by atoms with E-state index in [0.717, 1.165) is 13.8 Å². The Balaban J connectivity index is 2.03. The minimum absolute atomic E-state index is 0.136. The first-order valence-electron chi connectivity index (χ1n) is 5.02. The maximum absolute atomic E-state index is 11.9. The Bertz CT molecular complexity index is 565. The van der Waals surface area contributed by atoms with E-state index in [0.29, 0.717) is 17.1 Å². The fraction of sp³-hybridized carbons (Fsp3) is 0.0833. The van der Waals surface area contributed by atoms with Crippen molar-refractivity contribution in [1.82, 2.24) is 5.32 Å².